The summed E-state index contributed by atoms with van der Waals surface area (Å²) < 4.78 is 11.5. The molecule has 7 heteroatoms. The van der Waals surface area contributed by atoms with Crippen molar-refractivity contribution in [3.8, 4) is 11.5 Å². The van der Waals surface area contributed by atoms with Crippen molar-refractivity contribution in [3.05, 3.63) is 52.5 Å². The summed E-state index contributed by atoms with van der Waals surface area (Å²) in [6.45, 7) is 0. The van der Waals surface area contributed by atoms with Crippen LogP contribution in [0.3, 0.4) is 0 Å². The molecule has 6 nitrogen and oxygen atoms in total. The van der Waals surface area contributed by atoms with Crippen molar-refractivity contribution in [2.24, 2.45) is 0 Å². The summed E-state index contributed by atoms with van der Waals surface area (Å²) >= 11 is 3.43. The molecule has 132 valence electrons. The van der Waals surface area contributed by atoms with E-state index in [9.17, 15) is 4.79 Å². The van der Waals surface area contributed by atoms with Gasteiger partial charge in [0, 0.05) is 34.4 Å². The zero-order chi connectivity index (χ0) is 17.8. The highest BCUT2D eigenvalue weighted by Crippen LogP contribution is 2.27. The maximum Gasteiger partial charge on any atom is 0.242 e. The Kier molecular flexibility index (Phi) is 5.57. The van der Waals surface area contributed by atoms with E-state index in [2.05, 4.69) is 32.1 Å². The molecule has 25 heavy (non-hydrogen) atoms. The van der Waals surface area contributed by atoms with Crippen LogP contribution >= 0.6 is 15.9 Å². The molecule has 0 aromatic heterocycles. The molecule has 1 amide bonds. The van der Waals surface area contributed by atoms with Gasteiger partial charge in [0.25, 0.3) is 0 Å². The number of carbonyl (C=O) groups is 1. The Hall–Kier alpha value is -2.09. The third-order valence-corrected chi connectivity index (χ3v) is 4.64. The van der Waals surface area contributed by atoms with Crippen LogP contribution in [0.25, 0.3) is 0 Å². The second-order valence-electron chi connectivity index (χ2n) is 5.77. The summed E-state index contributed by atoms with van der Waals surface area (Å²) in [6.07, 6.45) is 0.661. The van der Waals surface area contributed by atoms with Crippen molar-refractivity contribution in [3.63, 3.8) is 0 Å². The number of anilines is 1. The predicted octanol–water partition coefficient (Wildman–Crippen LogP) is 3.01. The van der Waals surface area contributed by atoms with E-state index < -0.39 is 0 Å². The topological polar surface area (TPSA) is 71.6 Å². The Balaban J connectivity index is 1.65. The maximum atomic E-state index is 12.5. The quantitative estimate of drug-likeness (QED) is 0.712. The van der Waals surface area contributed by atoms with Gasteiger partial charge in [-0.3, -0.25) is 4.79 Å². The Morgan fingerprint density at radius 2 is 1.72 bits per heavy atom. The van der Waals surface area contributed by atoms with Crippen LogP contribution in [-0.2, 0) is 4.79 Å². The molecule has 2 unspecified atom stereocenters. The highest BCUT2D eigenvalue weighted by atomic mass is 79.9. The van der Waals surface area contributed by atoms with Crippen LogP contribution in [0, 0.1) is 0 Å². The first-order chi connectivity index (χ1) is 12.1. The third-order valence-electron chi connectivity index (χ3n) is 4.11. The molecule has 0 aliphatic carbocycles. The molecular weight excluding hydrogens is 386 g/mol. The first kappa shape index (κ1) is 17.7. The van der Waals surface area contributed by atoms with E-state index in [0.717, 1.165) is 10.0 Å². The number of halogens is 1. The van der Waals surface area contributed by atoms with Gasteiger partial charge in [-0.15, -0.1) is 0 Å². The minimum absolute atomic E-state index is 0.0868. The van der Waals surface area contributed by atoms with Crippen LogP contribution in [0.2, 0.25) is 0 Å². The molecule has 1 fully saturated rings. The fraction of sp³-hybridized carbons (Fsp3) is 0.278. The van der Waals surface area contributed by atoms with Crippen LogP contribution in [0.4, 0.5) is 5.69 Å². The number of ether oxygens (including phenoxy) is 2. The fourth-order valence-corrected chi connectivity index (χ4v) is 3.02. The van der Waals surface area contributed by atoms with E-state index in [-0.39, 0.29) is 18.0 Å². The molecule has 2 aromatic rings. The van der Waals surface area contributed by atoms with Crippen molar-refractivity contribution >= 4 is 27.5 Å². The second-order valence-corrected chi connectivity index (χ2v) is 6.69. The van der Waals surface area contributed by atoms with Gasteiger partial charge in [-0.25, -0.2) is 10.9 Å². The molecule has 2 aromatic carbocycles. The van der Waals surface area contributed by atoms with Gasteiger partial charge in [-0.05, 0) is 24.1 Å². The van der Waals surface area contributed by atoms with Crippen LogP contribution in [0.5, 0.6) is 11.5 Å². The van der Waals surface area contributed by atoms with E-state index in [4.69, 9.17) is 9.47 Å². The molecule has 0 spiro atoms. The monoisotopic (exact) mass is 405 g/mol. The Morgan fingerprint density at radius 3 is 2.32 bits per heavy atom. The first-order valence-electron chi connectivity index (χ1n) is 7.89. The number of rotatable bonds is 5. The van der Waals surface area contributed by atoms with E-state index in [1.807, 2.05) is 24.3 Å². The summed E-state index contributed by atoms with van der Waals surface area (Å²) in [5.74, 6) is 1.14. The zero-order valence-corrected chi connectivity index (χ0v) is 15.6. The summed E-state index contributed by atoms with van der Waals surface area (Å²) in [7, 11) is 3.15. The Labute approximate surface area is 155 Å². The molecule has 1 heterocycles. The molecule has 0 radical (unpaired) electrons. The predicted molar refractivity (Wildman–Crippen MR) is 99.7 cm³/mol. The van der Waals surface area contributed by atoms with Crippen molar-refractivity contribution in [2.75, 3.05) is 19.5 Å². The lowest BCUT2D eigenvalue weighted by atomic mass is 10.0. The number of hydrazine groups is 1. The lowest BCUT2D eigenvalue weighted by Gasteiger charge is -2.13. The molecule has 0 bridgehead atoms. The van der Waals surface area contributed by atoms with Gasteiger partial charge >= 0.3 is 0 Å². The molecule has 1 aliphatic rings. The molecule has 2 atom stereocenters. The largest absolute Gasteiger partial charge is 0.497 e. The maximum absolute atomic E-state index is 12.5. The zero-order valence-electron chi connectivity index (χ0n) is 14.0. The summed E-state index contributed by atoms with van der Waals surface area (Å²) in [6, 6.07) is 13.1. The van der Waals surface area contributed by atoms with Gasteiger partial charge < -0.3 is 14.8 Å². The third kappa shape index (κ3) is 4.31. The number of nitrogens with one attached hydrogen (secondary N) is 3. The molecule has 0 saturated carbocycles. The lowest BCUT2D eigenvalue weighted by Crippen LogP contribution is -2.39. The molecular formula is C18H20BrN3O3. The first-order valence-corrected chi connectivity index (χ1v) is 8.69. The number of benzene rings is 2. The van der Waals surface area contributed by atoms with Crippen LogP contribution in [0.1, 0.15) is 18.0 Å². The van der Waals surface area contributed by atoms with Gasteiger partial charge in [0.15, 0.2) is 0 Å². The fourth-order valence-electron chi connectivity index (χ4n) is 2.75. The second kappa shape index (κ2) is 7.86. The molecule has 1 aliphatic heterocycles. The van der Waals surface area contributed by atoms with E-state index >= 15 is 0 Å². The average molecular weight is 406 g/mol. The molecule has 1 saturated heterocycles. The van der Waals surface area contributed by atoms with Gasteiger partial charge in [-0.2, -0.15) is 0 Å². The number of amides is 1. The highest BCUT2D eigenvalue weighted by Gasteiger charge is 2.30. The van der Waals surface area contributed by atoms with Crippen LogP contribution in [-0.4, -0.2) is 26.2 Å². The van der Waals surface area contributed by atoms with E-state index in [1.165, 1.54) is 0 Å². The van der Waals surface area contributed by atoms with Gasteiger partial charge in [0.1, 0.15) is 17.5 Å². The van der Waals surface area contributed by atoms with Gasteiger partial charge in [0.05, 0.1) is 14.2 Å². The highest BCUT2D eigenvalue weighted by molar-refractivity contribution is 9.10. The van der Waals surface area contributed by atoms with Gasteiger partial charge in [0.2, 0.25) is 5.91 Å². The average Bonchev–Trinajstić information content (AvgIpc) is 3.12. The molecule has 3 rings (SSSR count). The smallest absolute Gasteiger partial charge is 0.242 e. The van der Waals surface area contributed by atoms with Gasteiger partial charge in [-0.1, -0.05) is 28.1 Å². The van der Waals surface area contributed by atoms with Crippen LogP contribution < -0.4 is 25.6 Å². The summed E-state index contributed by atoms with van der Waals surface area (Å²) in [5.41, 5.74) is 8.01. The van der Waals surface area contributed by atoms with Crippen molar-refractivity contribution in [1.29, 1.82) is 0 Å². The number of carbonyl (C=O) groups excluding carboxylic acids is 1. The Bertz CT molecular complexity index is 729. The molecule has 3 N–H and O–H groups in total. The lowest BCUT2D eigenvalue weighted by molar-refractivity contribution is -0.117. The van der Waals surface area contributed by atoms with E-state index in [0.29, 0.717) is 23.6 Å². The minimum Gasteiger partial charge on any atom is -0.497 e. The number of methoxy groups -OCH3 is 2. The summed E-state index contributed by atoms with van der Waals surface area (Å²) in [4.78, 5) is 12.5. The SMILES string of the molecule is COc1cc(NC(=O)C2CC(c3ccc(Br)cc3)NN2)cc(OC)c1. The summed E-state index contributed by atoms with van der Waals surface area (Å²) in [5, 5.41) is 2.91. The van der Waals surface area contributed by atoms with Crippen LogP contribution in [0.15, 0.2) is 46.9 Å². The normalized spacial score (nSPS) is 19.5. The minimum atomic E-state index is -0.328. The van der Waals surface area contributed by atoms with E-state index in [1.54, 1.807) is 32.4 Å². The van der Waals surface area contributed by atoms with Crippen molar-refractivity contribution < 1.29 is 14.3 Å². The Morgan fingerprint density at radius 1 is 1.08 bits per heavy atom. The number of hydrogen-bond acceptors (Lipinski definition) is 5. The van der Waals surface area contributed by atoms with Crippen molar-refractivity contribution in [1.82, 2.24) is 10.9 Å². The standard InChI is InChI=1S/C18H20BrN3O3/c1-24-14-7-13(8-15(9-14)25-2)20-18(23)17-10-16(21-22-17)11-3-5-12(19)6-4-11/h3-9,16-17,21-22H,10H2,1-2H3,(H,20,23). The number of hydrogen-bond donors (Lipinski definition) is 3. The van der Waals surface area contributed by atoms with Crippen molar-refractivity contribution in [2.45, 2.75) is 18.5 Å².